The van der Waals surface area contributed by atoms with Gasteiger partial charge in [-0.1, -0.05) is 24.2 Å². The van der Waals surface area contributed by atoms with Crippen molar-refractivity contribution in [2.45, 2.75) is 0 Å². The van der Waals surface area contributed by atoms with Crippen LogP contribution in [0.1, 0.15) is 0 Å². The number of fused-ring (bicyclic) bond motifs is 1. The highest BCUT2D eigenvalue weighted by molar-refractivity contribution is 6.59. The van der Waals surface area contributed by atoms with Gasteiger partial charge in [-0.05, 0) is 11.5 Å². The minimum absolute atomic E-state index is 0.935. The van der Waals surface area contributed by atoms with Gasteiger partial charge in [0.2, 0.25) is 0 Å². The second kappa shape index (κ2) is 2.22. The van der Waals surface area contributed by atoms with E-state index in [1.807, 2.05) is 37.5 Å². The van der Waals surface area contributed by atoms with Gasteiger partial charge in [-0.2, -0.15) is 0 Å². The first kappa shape index (κ1) is 5.60. The highest BCUT2D eigenvalue weighted by Crippen LogP contribution is 2.08. The number of hydrogen-bond donors (Lipinski definition) is 0. The average molecular weight is 129 g/mol. The van der Waals surface area contributed by atoms with Gasteiger partial charge in [0.25, 0.3) is 0 Å². The zero-order valence-corrected chi connectivity index (χ0v) is 5.45. The fourth-order valence-corrected chi connectivity index (χ4v) is 0.981. The minimum Gasteiger partial charge on any atom is -0.467 e. The van der Waals surface area contributed by atoms with E-state index in [4.69, 9.17) is 4.74 Å². The van der Waals surface area contributed by atoms with Crippen LogP contribution >= 0.6 is 0 Å². The molecule has 1 aromatic rings. The maximum Gasteiger partial charge on any atom is 0.190 e. The molecule has 0 aromatic heterocycles. The monoisotopic (exact) mass is 129 g/mol. The molecule has 1 aromatic carbocycles. The lowest BCUT2D eigenvalue weighted by Gasteiger charge is -2.09. The molecule has 47 valence electrons. The molecule has 10 heavy (non-hydrogen) atoms. The van der Waals surface area contributed by atoms with Crippen LogP contribution in [-0.2, 0) is 0 Å². The lowest BCUT2D eigenvalue weighted by Crippen LogP contribution is -2.17. The molecule has 1 aliphatic rings. The molecule has 0 unspecified atom stereocenters. The molecule has 0 bridgehead atoms. The molecule has 1 radical (unpaired) electrons. The normalized spacial score (nSPS) is 13.2. The van der Waals surface area contributed by atoms with Crippen LogP contribution in [0, 0.1) is 0 Å². The molecule has 1 heterocycles. The van der Waals surface area contributed by atoms with Crippen LogP contribution in [0.5, 0.6) is 5.75 Å². The largest absolute Gasteiger partial charge is 0.467 e. The third-order valence-electron chi connectivity index (χ3n) is 1.47. The second-order valence-corrected chi connectivity index (χ2v) is 2.15. The molecule has 0 saturated carbocycles. The molecule has 0 N–H and O–H groups in total. The van der Waals surface area contributed by atoms with Crippen molar-refractivity contribution in [1.29, 1.82) is 0 Å². The fraction of sp³-hybridized carbons (Fsp3) is 0. The highest BCUT2D eigenvalue weighted by Gasteiger charge is 2.03. The Morgan fingerprint density at radius 2 is 2.10 bits per heavy atom. The Balaban J connectivity index is 2.47. The molecule has 0 amide bonds. The van der Waals surface area contributed by atoms with Crippen molar-refractivity contribution in [2.75, 3.05) is 0 Å². The van der Waals surface area contributed by atoms with Gasteiger partial charge in [-0.3, -0.25) is 0 Å². The highest BCUT2D eigenvalue weighted by atomic mass is 16.5. The molecule has 0 spiro atoms. The topological polar surface area (TPSA) is 9.23 Å². The fourth-order valence-electron chi connectivity index (χ4n) is 0.981. The van der Waals surface area contributed by atoms with Crippen molar-refractivity contribution < 1.29 is 4.74 Å². The van der Waals surface area contributed by atoms with Gasteiger partial charge >= 0.3 is 0 Å². The van der Waals surface area contributed by atoms with Crippen molar-refractivity contribution >= 4 is 12.7 Å². The molecule has 0 atom stereocenters. The molecule has 1 nitrogen and oxygen atoms in total. The smallest absolute Gasteiger partial charge is 0.190 e. The van der Waals surface area contributed by atoms with Crippen LogP contribution in [-0.4, -0.2) is 7.28 Å². The molecular formula is C8H6BO. The number of ether oxygens (including phenoxy) is 1. The van der Waals surface area contributed by atoms with Crippen LogP contribution in [0.2, 0.25) is 0 Å². The Bertz CT molecular complexity index is 241. The van der Waals surface area contributed by atoms with E-state index in [2.05, 4.69) is 0 Å². The van der Waals surface area contributed by atoms with Crippen LogP contribution in [0.25, 0.3) is 0 Å². The summed E-state index contributed by atoms with van der Waals surface area (Å²) in [7, 11) is 2.03. The maximum absolute atomic E-state index is 5.21. The van der Waals surface area contributed by atoms with Gasteiger partial charge in [0.15, 0.2) is 7.28 Å². The van der Waals surface area contributed by atoms with Gasteiger partial charge in [0.1, 0.15) is 5.75 Å². The van der Waals surface area contributed by atoms with E-state index in [0.717, 1.165) is 11.2 Å². The van der Waals surface area contributed by atoms with Crippen molar-refractivity contribution in [1.82, 2.24) is 0 Å². The predicted molar refractivity (Wildman–Crippen MR) is 41.6 cm³/mol. The average Bonchev–Trinajstić information content (AvgIpc) is 2.05. The summed E-state index contributed by atoms with van der Waals surface area (Å²) in [6.07, 6.45) is 1.68. The van der Waals surface area contributed by atoms with E-state index >= 15 is 0 Å². The third kappa shape index (κ3) is 0.818. The van der Waals surface area contributed by atoms with Gasteiger partial charge in [-0.25, -0.2) is 0 Å². The summed E-state index contributed by atoms with van der Waals surface area (Å²) in [6, 6.07) is 7.94. The summed E-state index contributed by atoms with van der Waals surface area (Å²) in [5, 5.41) is 0. The van der Waals surface area contributed by atoms with Gasteiger partial charge in [-0.15, -0.1) is 0 Å². The summed E-state index contributed by atoms with van der Waals surface area (Å²) in [4.78, 5) is 0. The molecule has 0 aliphatic carbocycles. The molecule has 0 saturated heterocycles. The van der Waals surface area contributed by atoms with Crippen molar-refractivity contribution in [3.8, 4) is 5.75 Å². The second-order valence-electron chi connectivity index (χ2n) is 2.15. The summed E-state index contributed by atoms with van der Waals surface area (Å²) in [5.41, 5.74) is 1.14. The standard InChI is InChI=1S/C8H6BO/c1-2-4-8-7(3-1)9-5-6-10-8/h1-6H. The van der Waals surface area contributed by atoms with Crippen LogP contribution in [0.3, 0.4) is 0 Å². The van der Waals surface area contributed by atoms with E-state index in [1.54, 1.807) is 6.26 Å². The van der Waals surface area contributed by atoms with E-state index in [0.29, 0.717) is 0 Å². The van der Waals surface area contributed by atoms with Crippen LogP contribution in [0.4, 0.5) is 0 Å². The molecule has 2 rings (SSSR count). The first-order chi connectivity index (χ1) is 4.97. The molecular weight excluding hydrogens is 123 g/mol. The van der Waals surface area contributed by atoms with Crippen molar-refractivity contribution in [2.24, 2.45) is 0 Å². The molecule has 2 heteroatoms. The number of hydrogen-bond acceptors (Lipinski definition) is 1. The van der Waals surface area contributed by atoms with Gasteiger partial charge in [0.05, 0.1) is 6.26 Å². The van der Waals surface area contributed by atoms with Crippen molar-refractivity contribution in [3.05, 3.63) is 36.5 Å². The summed E-state index contributed by atoms with van der Waals surface area (Å²) < 4.78 is 5.21. The van der Waals surface area contributed by atoms with E-state index < -0.39 is 0 Å². The summed E-state index contributed by atoms with van der Waals surface area (Å²) >= 11 is 0. The first-order valence-corrected chi connectivity index (χ1v) is 3.22. The summed E-state index contributed by atoms with van der Waals surface area (Å²) in [5.74, 6) is 2.83. The predicted octanol–water partition coefficient (Wildman–Crippen LogP) is 0.880. The Hall–Kier alpha value is -1.18. The Morgan fingerprint density at radius 1 is 1.20 bits per heavy atom. The van der Waals surface area contributed by atoms with E-state index in [1.165, 1.54) is 0 Å². The van der Waals surface area contributed by atoms with Crippen LogP contribution < -0.4 is 10.2 Å². The lowest BCUT2D eigenvalue weighted by molar-refractivity contribution is 0.484. The number of para-hydroxylation sites is 1. The van der Waals surface area contributed by atoms with E-state index in [-0.39, 0.29) is 0 Å². The zero-order chi connectivity index (χ0) is 6.81. The third-order valence-corrected chi connectivity index (χ3v) is 1.47. The molecule has 0 fully saturated rings. The summed E-state index contributed by atoms with van der Waals surface area (Å²) in [6.45, 7) is 0. The number of benzene rings is 1. The number of rotatable bonds is 0. The lowest BCUT2D eigenvalue weighted by atomic mass is 9.69. The zero-order valence-electron chi connectivity index (χ0n) is 5.45. The first-order valence-electron chi connectivity index (χ1n) is 3.22. The van der Waals surface area contributed by atoms with Crippen LogP contribution in [0.15, 0.2) is 36.5 Å². The SMILES string of the molecule is [B]1C=COc2ccccc21. The van der Waals surface area contributed by atoms with E-state index in [9.17, 15) is 0 Å². The maximum atomic E-state index is 5.21. The molecule has 1 aliphatic heterocycles. The Kier molecular flexibility index (Phi) is 1.24. The van der Waals surface area contributed by atoms with Gasteiger partial charge < -0.3 is 4.74 Å². The van der Waals surface area contributed by atoms with Gasteiger partial charge in [0, 0.05) is 0 Å². The minimum atomic E-state index is 0.935. The quantitative estimate of drug-likeness (QED) is 0.472. The Morgan fingerprint density at radius 3 is 3.00 bits per heavy atom. The Labute approximate surface area is 60.6 Å². The van der Waals surface area contributed by atoms with Crippen molar-refractivity contribution in [3.63, 3.8) is 0 Å².